The lowest BCUT2D eigenvalue weighted by atomic mass is 9.66. The van der Waals surface area contributed by atoms with Crippen molar-refractivity contribution >= 4 is 33.7 Å². The Kier molecular flexibility index (Phi) is 4.17. The van der Waals surface area contributed by atoms with E-state index in [2.05, 4.69) is 20.7 Å². The first kappa shape index (κ1) is 16.7. The molecule has 1 aliphatic heterocycles. The summed E-state index contributed by atoms with van der Waals surface area (Å²) in [6.07, 6.45) is -0.752. The summed E-state index contributed by atoms with van der Waals surface area (Å²) in [4.78, 5) is 37.1. The van der Waals surface area contributed by atoms with Crippen LogP contribution in [0.15, 0.2) is 28.7 Å². The van der Waals surface area contributed by atoms with E-state index in [1.165, 1.54) is 6.92 Å². The number of ketones is 1. The second kappa shape index (κ2) is 5.50. The number of cyclic esters (lactones) is 1. The van der Waals surface area contributed by atoms with Gasteiger partial charge in [0.2, 0.25) is 5.41 Å². The predicted molar refractivity (Wildman–Crippen MR) is 81.9 cm³/mol. The number of rotatable bonds is 2. The molecule has 0 spiro atoms. The maximum atomic E-state index is 12.8. The normalized spacial score (nSPS) is 27.2. The van der Waals surface area contributed by atoms with E-state index in [1.54, 1.807) is 38.1 Å². The van der Waals surface area contributed by atoms with E-state index < -0.39 is 34.7 Å². The molecule has 0 radical (unpaired) electrons. The van der Waals surface area contributed by atoms with Gasteiger partial charge in [0.25, 0.3) is 0 Å². The fourth-order valence-corrected chi connectivity index (χ4v) is 3.00. The first-order valence-corrected chi connectivity index (χ1v) is 7.55. The molecule has 6 heteroatoms. The van der Waals surface area contributed by atoms with E-state index in [4.69, 9.17) is 4.74 Å². The van der Waals surface area contributed by atoms with E-state index in [0.29, 0.717) is 5.56 Å². The highest BCUT2D eigenvalue weighted by Crippen LogP contribution is 2.48. The van der Waals surface area contributed by atoms with Gasteiger partial charge in [-0.2, -0.15) is 0 Å². The lowest BCUT2D eigenvalue weighted by molar-refractivity contribution is -0.194. The van der Waals surface area contributed by atoms with Gasteiger partial charge in [-0.3, -0.25) is 14.4 Å². The van der Waals surface area contributed by atoms with Gasteiger partial charge < -0.3 is 9.47 Å². The average Bonchev–Trinajstić information content (AvgIpc) is 2.49. The molecule has 1 saturated heterocycles. The summed E-state index contributed by atoms with van der Waals surface area (Å²) in [6, 6.07) is 7.16. The Morgan fingerprint density at radius 3 is 2.23 bits per heavy atom. The molecule has 0 aliphatic carbocycles. The summed E-state index contributed by atoms with van der Waals surface area (Å²) in [5.74, 6) is -2.28. The van der Waals surface area contributed by atoms with Crippen molar-refractivity contribution in [1.29, 1.82) is 0 Å². The quantitative estimate of drug-likeness (QED) is 0.592. The van der Waals surface area contributed by atoms with Gasteiger partial charge in [-0.25, -0.2) is 0 Å². The highest BCUT2D eigenvalue weighted by Gasteiger charge is 2.62. The molecule has 1 heterocycles. The van der Waals surface area contributed by atoms with Crippen molar-refractivity contribution in [2.45, 2.75) is 26.9 Å². The van der Waals surface area contributed by atoms with Gasteiger partial charge in [0.05, 0.1) is 12.5 Å². The number of halogens is 1. The number of methoxy groups -OCH3 is 1. The van der Waals surface area contributed by atoms with Crippen LogP contribution < -0.4 is 0 Å². The largest absolute Gasteiger partial charge is 0.468 e. The fraction of sp³-hybridized carbons (Fsp3) is 0.438. The van der Waals surface area contributed by atoms with Crippen LogP contribution in [0.5, 0.6) is 0 Å². The smallest absolute Gasteiger partial charge is 0.331 e. The van der Waals surface area contributed by atoms with Crippen molar-refractivity contribution in [1.82, 2.24) is 0 Å². The molecule has 5 nitrogen and oxygen atoms in total. The van der Waals surface area contributed by atoms with Gasteiger partial charge in [0, 0.05) is 4.47 Å². The van der Waals surface area contributed by atoms with Crippen LogP contribution in [0.25, 0.3) is 0 Å². The van der Waals surface area contributed by atoms with E-state index in [1.807, 2.05) is 0 Å². The predicted octanol–water partition coefficient (Wildman–Crippen LogP) is 2.82. The monoisotopic (exact) mass is 368 g/mol. The third-order valence-electron chi connectivity index (χ3n) is 4.09. The molecule has 0 aromatic heterocycles. The van der Waals surface area contributed by atoms with E-state index in [9.17, 15) is 14.4 Å². The van der Waals surface area contributed by atoms with Crippen LogP contribution in [-0.4, -0.2) is 24.8 Å². The number of carbonyl (C=O) groups is 3. The van der Waals surface area contributed by atoms with Crippen LogP contribution in [0.3, 0.4) is 0 Å². The second-order valence-electron chi connectivity index (χ2n) is 6.00. The van der Waals surface area contributed by atoms with E-state index in [0.717, 1.165) is 11.6 Å². The van der Waals surface area contributed by atoms with Gasteiger partial charge in [-0.1, -0.05) is 28.1 Å². The third kappa shape index (κ3) is 2.35. The van der Waals surface area contributed by atoms with E-state index >= 15 is 0 Å². The molecule has 0 N–H and O–H groups in total. The van der Waals surface area contributed by atoms with Crippen molar-refractivity contribution < 1.29 is 23.9 Å². The average molecular weight is 369 g/mol. The molecule has 0 amide bonds. The van der Waals surface area contributed by atoms with Gasteiger partial charge >= 0.3 is 11.9 Å². The number of hydrogen-bond donors (Lipinski definition) is 0. The van der Waals surface area contributed by atoms with Crippen LogP contribution >= 0.6 is 15.9 Å². The molecule has 1 aromatic carbocycles. The number of ether oxygens (including phenoxy) is 2. The molecule has 22 heavy (non-hydrogen) atoms. The number of Topliss-reactive ketones (excluding diaryl/α,β-unsaturated/α-hetero) is 1. The molecule has 0 unspecified atom stereocenters. The lowest BCUT2D eigenvalue weighted by Crippen LogP contribution is -2.57. The molecule has 1 fully saturated rings. The number of carbonyl (C=O) groups excluding carboxylic acids is 3. The van der Waals surface area contributed by atoms with Crippen molar-refractivity contribution in [3.05, 3.63) is 34.3 Å². The Labute approximate surface area is 137 Å². The Balaban J connectivity index is 2.48. The number of hydrogen-bond acceptors (Lipinski definition) is 5. The molecule has 0 saturated carbocycles. The SMILES string of the molecule is COC(=O)[C@@]1(C)C(=O)O[C@H](c2ccc(Br)cc2)C(C)(C)C1=O. The van der Waals surface area contributed by atoms with Gasteiger partial charge in [-0.05, 0) is 38.5 Å². The van der Waals surface area contributed by atoms with Crippen molar-refractivity contribution in [3.8, 4) is 0 Å². The first-order valence-electron chi connectivity index (χ1n) is 6.75. The Hall–Kier alpha value is -1.69. The van der Waals surface area contributed by atoms with Crippen LogP contribution in [-0.2, 0) is 23.9 Å². The lowest BCUT2D eigenvalue weighted by Gasteiger charge is -2.43. The molecule has 1 aliphatic rings. The van der Waals surface area contributed by atoms with Crippen LogP contribution in [0.1, 0.15) is 32.4 Å². The Morgan fingerprint density at radius 1 is 1.18 bits per heavy atom. The first-order chi connectivity index (χ1) is 10.2. The summed E-state index contributed by atoms with van der Waals surface area (Å²) >= 11 is 3.33. The summed E-state index contributed by atoms with van der Waals surface area (Å²) in [7, 11) is 1.14. The Morgan fingerprint density at radius 2 is 1.73 bits per heavy atom. The molecule has 0 bridgehead atoms. The summed E-state index contributed by atoms with van der Waals surface area (Å²) < 4.78 is 11.0. The van der Waals surface area contributed by atoms with Gasteiger partial charge in [0.15, 0.2) is 5.78 Å². The highest BCUT2D eigenvalue weighted by molar-refractivity contribution is 9.10. The molecule has 118 valence electrons. The topological polar surface area (TPSA) is 69.7 Å². The highest BCUT2D eigenvalue weighted by atomic mass is 79.9. The molecule has 2 atom stereocenters. The molecule has 1 aromatic rings. The Bertz CT molecular complexity index is 634. The minimum absolute atomic E-state index is 0.504. The molecule has 2 rings (SSSR count). The number of esters is 2. The van der Waals surface area contributed by atoms with Crippen molar-refractivity contribution in [3.63, 3.8) is 0 Å². The minimum atomic E-state index is -1.93. The zero-order valence-electron chi connectivity index (χ0n) is 12.8. The summed E-state index contributed by atoms with van der Waals surface area (Å²) in [5.41, 5.74) is -2.28. The zero-order valence-corrected chi connectivity index (χ0v) is 14.4. The fourth-order valence-electron chi connectivity index (χ4n) is 2.73. The van der Waals surface area contributed by atoms with Gasteiger partial charge in [-0.15, -0.1) is 0 Å². The van der Waals surface area contributed by atoms with E-state index in [-0.39, 0.29) is 0 Å². The molecular weight excluding hydrogens is 352 g/mol. The van der Waals surface area contributed by atoms with Crippen LogP contribution in [0, 0.1) is 10.8 Å². The van der Waals surface area contributed by atoms with Crippen molar-refractivity contribution in [2.75, 3.05) is 7.11 Å². The summed E-state index contributed by atoms with van der Waals surface area (Å²) in [5, 5.41) is 0. The second-order valence-corrected chi connectivity index (χ2v) is 6.92. The number of benzene rings is 1. The van der Waals surface area contributed by atoms with Crippen LogP contribution in [0.4, 0.5) is 0 Å². The zero-order chi connectivity index (χ0) is 16.7. The summed E-state index contributed by atoms with van der Waals surface area (Å²) in [6.45, 7) is 4.58. The maximum Gasteiger partial charge on any atom is 0.331 e. The minimum Gasteiger partial charge on any atom is -0.468 e. The third-order valence-corrected chi connectivity index (χ3v) is 4.62. The standard InChI is InChI=1S/C16H17BrO5/c1-15(2)11(9-5-7-10(17)8-6-9)22-14(20)16(3,12(15)18)13(19)21-4/h5-8,11H,1-4H3/t11-,16+/m1/s1. The van der Waals surface area contributed by atoms with Crippen LogP contribution in [0.2, 0.25) is 0 Å². The maximum absolute atomic E-state index is 12.8. The van der Waals surface area contributed by atoms with Gasteiger partial charge in [0.1, 0.15) is 6.10 Å². The van der Waals surface area contributed by atoms with Crippen molar-refractivity contribution in [2.24, 2.45) is 10.8 Å². The molecular formula is C16H17BrO5.